The van der Waals surface area contributed by atoms with Crippen LogP contribution in [0.15, 0.2) is 77.2 Å². The van der Waals surface area contributed by atoms with Gasteiger partial charge in [0.1, 0.15) is 11.2 Å². The van der Waals surface area contributed by atoms with Crippen molar-refractivity contribution in [1.82, 2.24) is 4.40 Å². The molecule has 0 N–H and O–H groups in total. The third kappa shape index (κ3) is 2.35. The third-order valence-corrected chi connectivity index (χ3v) is 8.35. The van der Waals surface area contributed by atoms with E-state index in [0.717, 1.165) is 27.5 Å². The minimum atomic E-state index is -0.433. The fraction of sp³-hybridized carbons (Fsp3) is 0.200. The van der Waals surface area contributed by atoms with Gasteiger partial charge in [-0.15, -0.1) is 0 Å². The number of hydrogen-bond acceptors (Lipinski definition) is 3. The molecule has 0 unspecified atom stereocenters. The molecular formula is C30H24BNO3. The predicted octanol–water partition coefficient (Wildman–Crippen LogP) is 7.04. The van der Waals surface area contributed by atoms with E-state index in [1.54, 1.807) is 0 Å². The van der Waals surface area contributed by atoms with Gasteiger partial charge in [-0.25, -0.2) is 0 Å². The summed E-state index contributed by atoms with van der Waals surface area (Å²) in [6.45, 7) is 8.41. The number of furan rings is 1. The van der Waals surface area contributed by atoms with Crippen molar-refractivity contribution in [3.8, 4) is 0 Å². The Hall–Kier alpha value is -3.54. The van der Waals surface area contributed by atoms with Crippen LogP contribution in [0.25, 0.3) is 60.0 Å². The van der Waals surface area contributed by atoms with E-state index in [9.17, 15) is 0 Å². The van der Waals surface area contributed by atoms with Crippen LogP contribution in [0, 0.1) is 0 Å². The van der Waals surface area contributed by atoms with Crippen LogP contribution in [-0.2, 0) is 9.31 Å². The molecule has 8 rings (SSSR count). The van der Waals surface area contributed by atoms with Gasteiger partial charge in [0, 0.05) is 21.5 Å². The summed E-state index contributed by atoms with van der Waals surface area (Å²) in [5.41, 5.74) is 5.61. The summed E-state index contributed by atoms with van der Waals surface area (Å²) in [6.07, 6.45) is 0. The van der Waals surface area contributed by atoms with Gasteiger partial charge in [0.05, 0.1) is 33.1 Å². The fourth-order valence-corrected chi connectivity index (χ4v) is 5.95. The molecule has 1 aliphatic rings. The largest absolute Gasteiger partial charge is 0.494 e. The summed E-state index contributed by atoms with van der Waals surface area (Å²) in [7, 11) is -0.433. The predicted molar refractivity (Wildman–Crippen MR) is 144 cm³/mol. The Morgan fingerprint density at radius 3 is 2.00 bits per heavy atom. The topological polar surface area (TPSA) is 36.0 Å². The molecule has 7 aromatic rings. The molecule has 0 aliphatic carbocycles. The first-order chi connectivity index (χ1) is 16.8. The van der Waals surface area contributed by atoms with E-state index in [1.165, 1.54) is 38.0 Å². The maximum Gasteiger partial charge on any atom is 0.494 e. The number of rotatable bonds is 1. The summed E-state index contributed by atoms with van der Waals surface area (Å²) in [5.74, 6) is 0. The monoisotopic (exact) mass is 457 g/mol. The molecule has 4 heterocycles. The maximum absolute atomic E-state index is 6.50. The van der Waals surface area contributed by atoms with Crippen molar-refractivity contribution in [3.05, 3.63) is 72.8 Å². The normalized spacial score (nSPS) is 17.9. The van der Waals surface area contributed by atoms with Crippen LogP contribution in [0.5, 0.6) is 0 Å². The van der Waals surface area contributed by atoms with Gasteiger partial charge in [0.2, 0.25) is 0 Å². The van der Waals surface area contributed by atoms with Crippen molar-refractivity contribution in [1.29, 1.82) is 0 Å². The molecule has 4 nitrogen and oxygen atoms in total. The molecule has 0 bridgehead atoms. The highest BCUT2D eigenvalue weighted by Crippen LogP contribution is 2.43. The Labute approximate surface area is 202 Å². The summed E-state index contributed by atoms with van der Waals surface area (Å²) < 4.78 is 21.7. The number of hydrogen-bond donors (Lipinski definition) is 0. The minimum absolute atomic E-state index is 0.401. The van der Waals surface area contributed by atoms with Gasteiger partial charge in [-0.05, 0) is 62.8 Å². The first kappa shape index (κ1) is 19.7. The van der Waals surface area contributed by atoms with Crippen LogP contribution in [-0.4, -0.2) is 22.7 Å². The van der Waals surface area contributed by atoms with Crippen molar-refractivity contribution in [2.45, 2.75) is 38.9 Å². The van der Waals surface area contributed by atoms with Crippen molar-refractivity contribution in [2.24, 2.45) is 0 Å². The Morgan fingerprint density at radius 2 is 1.23 bits per heavy atom. The lowest BCUT2D eigenvalue weighted by molar-refractivity contribution is 0.00578. The molecule has 0 radical (unpaired) electrons. The van der Waals surface area contributed by atoms with E-state index in [4.69, 9.17) is 13.7 Å². The van der Waals surface area contributed by atoms with E-state index in [2.05, 4.69) is 105 Å². The van der Waals surface area contributed by atoms with Crippen molar-refractivity contribution >= 4 is 72.6 Å². The Balaban J connectivity index is 1.63. The van der Waals surface area contributed by atoms with Crippen molar-refractivity contribution in [2.75, 3.05) is 0 Å². The van der Waals surface area contributed by atoms with Gasteiger partial charge < -0.3 is 18.1 Å². The van der Waals surface area contributed by atoms with E-state index < -0.39 is 18.3 Å². The average molecular weight is 457 g/mol. The van der Waals surface area contributed by atoms with Crippen LogP contribution in [0.3, 0.4) is 0 Å². The summed E-state index contributed by atoms with van der Waals surface area (Å²) in [5, 5.41) is 7.11. The fourth-order valence-electron chi connectivity index (χ4n) is 5.95. The molecule has 1 aliphatic heterocycles. The van der Waals surface area contributed by atoms with E-state index in [0.29, 0.717) is 0 Å². The molecule has 1 fully saturated rings. The molecule has 0 spiro atoms. The van der Waals surface area contributed by atoms with E-state index >= 15 is 0 Å². The van der Waals surface area contributed by atoms with Gasteiger partial charge in [-0.3, -0.25) is 0 Å². The minimum Gasteiger partial charge on any atom is -0.456 e. The van der Waals surface area contributed by atoms with Crippen LogP contribution in [0.1, 0.15) is 27.7 Å². The molecule has 0 atom stereocenters. The zero-order chi connectivity index (χ0) is 23.7. The second kappa shape index (κ2) is 6.17. The number of para-hydroxylation sites is 1. The standard InChI is InChI=1S/C30H24BNO3/c1-29(2)30(3,4)35-31(34-29)17-15-20-18-9-5-6-11-22(18)32-23-12-8-14-25-27(23)26-19(21(16-17)28(20)32)10-7-13-24(26)33-25/h5-16H,1-4H3. The molecule has 4 aromatic carbocycles. The molecule has 0 amide bonds. The smallest absolute Gasteiger partial charge is 0.456 e. The lowest BCUT2D eigenvalue weighted by Crippen LogP contribution is -2.41. The number of aromatic nitrogens is 1. The number of fused-ring (bicyclic) bond motifs is 5. The first-order valence-corrected chi connectivity index (χ1v) is 12.2. The molecule has 1 saturated heterocycles. The molecule has 3 aromatic heterocycles. The van der Waals surface area contributed by atoms with Crippen LogP contribution in [0.4, 0.5) is 0 Å². The quantitative estimate of drug-likeness (QED) is 0.248. The first-order valence-electron chi connectivity index (χ1n) is 12.2. The Morgan fingerprint density at radius 1 is 0.629 bits per heavy atom. The summed E-state index contributed by atoms with van der Waals surface area (Å²) in [6, 6.07) is 25.9. The van der Waals surface area contributed by atoms with Gasteiger partial charge in [0.15, 0.2) is 0 Å². The molecule has 170 valence electrons. The summed E-state index contributed by atoms with van der Waals surface area (Å²) >= 11 is 0. The highest BCUT2D eigenvalue weighted by Gasteiger charge is 2.51. The second-order valence-corrected chi connectivity index (χ2v) is 10.8. The van der Waals surface area contributed by atoms with Gasteiger partial charge in [-0.2, -0.15) is 0 Å². The lowest BCUT2D eigenvalue weighted by Gasteiger charge is -2.32. The van der Waals surface area contributed by atoms with Crippen molar-refractivity contribution < 1.29 is 13.7 Å². The molecular weight excluding hydrogens is 433 g/mol. The zero-order valence-corrected chi connectivity index (χ0v) is 20.2. The van der Waals surface area contributed by atoms with Crippen LogP contribution < -0.4 is 5.46 Å². The molecule has 0 saturated carbocycles. The third-order valence-electron chi connectivity index (χ3n) is 8.35. The highest BCUT2D eigenvalue weighted by molar-refractivity contribution is 6.63. The molecule has 5 heteroatoms. The Kier molecular flexibility index (Phi) is 3.48. The Bertz CT molecular complexity index is 1960. The SMILES string of the molecule is CC1(C)OB(c2cc3c4cccc5oc6cccc(c6c54)n4c5ccccc5c(c2)c34)OC1(C)C. The highest BCUT2D eigenvalue weighted by atomic mass is 16.7. The van der Waals surface area contributed by atoms with E-state index in [1.807, 2.05) is 0 Å². The number of nitrogens with zero attached hydrogens (tertiary/aromatic N) is 1. The van der Waals surface area contributed by atoms with Gasteiger partial charge in [-0.1, -0.05) is 48.5 Å². The van der Waals surface area contributed by atoms with Crippen LogP contribution in [0.2, 0.25) is 0 Å². The maximum atomic E-state index is 6.50. The zero-order valence-electron chi connectivity index (χ0n) is 20.2. The average Bonchev–Trinajstić information content (AvgIpc) is 3.41. The number of benzene rings is 4. The van der Waals surface area contributed by atoms with Crippen LogP contribution >= 0.6 is 0 Å². The molecule has 35 heavy (non-hydrogen) atoms. The second-order valence-electron chi connectivity index (χ2n) is 10.8. The lowest BCUT2D eigenvalue weighted by atomic mass is 9.77. The van der Waals surface area contributed by atoms with Gasteiger partial charge in [0.25, 0.3) is 0 Å². The van der Waals surface area contributed by atoms with Gasteiger partial charge >= 0.3 is 7.12 Å². The summed E-state index contributed by atoms with van der Waals surface area (Å²) in [4.78, 5) is 0. The van der Waals surface area contributed by atoms with Crippen molar-refractivity contribution in [3.63, 3.8) is 0 Å². The van der Waals surface area contributed by atoms with E-state index in [-0.39, 0.29) is 0 Å².